The summed E-state index contributed by atoms with van der Waals surface area (Å²) < 4.78 is 38.6. The lowest BCUT2D eigenvalue weighted by Gasteiger charge is -2.24. The van der Waals surface area contributed by atoms with Gasteiger partial charge < -0.3 is 14.5 Å². The monoisotopic (exact) mass is 524 g/mol. The van der Waals surface area contributed by atoms with Gasteiger partial charge in [-0.15, -0.1) is 0 Å². The molecule has 10 heteroatoms. The maximum Gasteiger partial charge on any atom is 0.340 e. The number of aryl methyl sites for hydroxylation is 1. The molecule has 9 nitrogen and oxygen atoms in total. The standard InChI is InChI=1S/C27H28N2O7S/c1-5-35-27(32)24-17(3)25(28-18(24)4)23(30)15-36-26(31)20-10-8-11-21(14-20)37(33,34)29-16(2)13-19-9-6-7-12-22(19)29/h6-12,14,16,28H,5,13,15H2,1-4H3. The number of nitrogens with one attached hydrogen (secondary N) is 1. The number of carbonyl (C=O) groups is 3. The number of esters is 2. The van der Waals surface area contributed by atoms with Crippen molar-refractivity contribution in [2.45, 2.75) is 45.1 Å². The Morgan fingerprint density at radius 2 is 1.76 bits per heavy atom. The fourth-order valence-corrected chi connectivity index (χ4v) is 6.36. The number of para-hydroxylation sites is 1. The van der Waals surface area contributed by atoms with E-state index in [4.69, 9.17) is 9.47 Å². The number of benzene rings is 2. The van der Waals surface area contributed by atoms with Crippen LogP contribution in [0.3, 0.4) is 0 Å². The molecule has 1 atom stereocenters. The third-order valence-corrected chi connectivity index (χ3v) is 8.23. The second kappa shape index (κ2) is 10.2. The van der Waals surface area contributed by atoms with Crippen LogP contribution in [-0.2, 0) is 25.9 Å². The molecule has 1 aromatic heterocycles. The van der Waals surface area contributed by atoms with Crippen molar-refractivity contribution in [3.63, 3.8) is 0 Å². The van der Waals surface area contributed by atoms with E-state index in [1.54, 1.807) is 32.9 Å². The number of hydrogen-bond acceptors (Lipinski definition) is 7. The van der Waals surface area contributed by atoms with E-state index in [0.29, 0.717) is 23.4 Å². The van der Waals surface area contributed by atoms with Crippen LogP contribution in [0.15, 0.2) is 53.4 Å². The summed E-state index contributed by atoms with van der Waals surface area (Å²) in [4.78, 5) is 40.5. The number of aromatic nitrogens is 1. The Bertz CT molecular complexity index is 1490. The molecule has 0 fully saturated rings. The number of ether oxygens (including phenoxy) is 2. The molecule has 1 aliphatic rings. The van der Waals surface area contributed by atoms with Gasteiger partial charge in [0.2, 0.25) is 5.78 Å². The summed E-state index contributed by atoms with van der Waals surface area (Å²) in [6, 6.07) is 12.6. The van der Waals surface area contributed by atoms with E-state index in [0.717, 1.165) is 5.56 Å². The van der Waals surface area contributed by atoms with Crippen molar-refractivity contribution in [3.05, 3.63) is 82.2 Å². The maximum atomic E-state index is 13.5. The molecule has 0 spiro atoms. The molecule has 1 aliphatic heterocycles. The molecule has 194 valence electrons. The van der Waals surface area contributed by atoms with Crippen molar-refractivity contribution in [2.75, 3.05) is 17.5 Å². The third kappa shape index (κ3) is 4.89. The number of anilines is 1. The minimum Gasteiger partial charge on any atom is -0.462 e. The van der Waals surface area contributed by atoms with Gasteiger partial charge in [-0.1, -0.05) is 24.3 Å². The molecule has 0 saturated heterocycles. The predicted octanol–water partition coefficient (Wildman–Crippen LogP) is 3.99. The fourth-order valence-electron chi connectivity index (χ4n) is 4.63. The van der Waals surface area contributed by atoms with Gasteiger partial charge in [-0.2, -0.15) is 0 Å². The van der Waals surface area contributed by atoms with E-state index in [2.05, 4.69) is 4.98 Å². The molecule has 0 amide bonds. The molecular weight excluding hydrogens is 496 g/mol. The van der Waals surface area contributed by atoms with Crippen molar-refractivity contribution in [2.24, 2.45) is 0 Å². The molecule has 4 rings (SSSR count). The van der Waals surface area contributed by atoms with Crippen molar-refractivity contribution in [1.82, 2.24) is 4.98 Å². The van der Waals surface area contributed by atoms with Gasteiger partial charge in [0.1, 0.15) is 0 Å². The summed E-state index contributed by atoms with van der Waals surface area (Å²) in [6.07, 6.45) is 0.592. The van der Waals surface area contributed by atoms with Crippen LogP contribution in [0, 0.1) is 13.8 Å². The smallest absolute Gasteiger partial charge is 0.340 e. The van der Waals surface area contributed by atoms with Gasteiger partial charge >= 0.3 is 11.9 Å². The lowest BCUT2D eigenvalue weighted by Crippen LogP contribution is -2.35. The van der Waals surface area contributed by atoms with E-state index >= 15 is 0 Å². The van der Waals surface area contributed by atoms with Crippen molar-refractivity contribution in [1.29, 1.82) is 0 Å². The van der Waals surface area contributed by atoms with Gasteiger partial charge in [0.05, 0.1) is 34.0 Å². The first-order valence-corrected chi connectivity index (χ1v) is 13.3. The van der Waals surface area contributed by atoms with Crippen LogP contribution in [0.2, 0.25) is 0 Å². The van der Waals surface area contributed by atoms with Crippen LogP contribution in [0.1, 0.15) is 61.9 Å². The van der Waals surface area contributed by atoms with Gasteiger partial charge in [0.25, 0.3) is 10.0 Å². The molecule has 1 unspecified atom stereocenters. The Hall–Kier alpha value is -3.92. The van der Waals surface area contributed by atoms with Crippen LogP contribution in [0.5, 0.6) is 0 Å². The summed E-state index contributed by atoms with van der Waals surface area (Å²) in [6.45, 7) is 6.38. The van der Waals surface area contributed by atoms with E-state index < -0.39 is 34.4 Å². The van der Waals surface area contributed by atoms with E-state index in [-0.39, 0.29) is 34.4 Å². The first kappa shape index (κ1) is 26.2. The second-order valence-electron chi connectivity index (χ2n) is 8.86. The predicted molar refractivity (Wildman–Crippen MR) is 137 cm³/mol. The molecule has 0 saturated carbocycles. The van der Waals surface area contributed by atoms with Crippen molar-refractivity contribution >= 4 is 33.4 Å². The number of sulfonamides is 1. The normalized spacial score (nSPS) is 14.8. The quantitative estimate of drug-likeness (QED) is 0.349. The van der Waals surface area contributed by atoms with Gasteiger partial charge in [0, 0.05) is 11.7 Å². The number of carbonyl (C=O) groups excluding carboxylic acids is 3. The van der Waals surface area contributed by atoms with Gasteiger partial charge in [0.15, 0.2) is 6.61 Å². The molecule has 0 radical (unpaired) electrons. The average molecular weight is 525 g/mol. The average Bonchev–Trinajstić information content (AvgIpc) is 3.37. The Morgan fingerprint density at radius 3 is 2.49 bits per heavy atom. The highest BCUT2D eigenvalue weighted by molar-refractivity contribution is 7.92. The number of hydrogen-bond donors (Lipinski definition) is 1. The number of Topliss-reactive ketones (excluding diaryl/α,β-unsaturated/α-hetero) is 1. The Morgan fingerprint density at radius 1 is 1.03 bits per heavy atom. The van der Waals surface area contributed by atoms with Crippen molar-refractivity contribution in [3.8, 4) is 0 Å². The molecular formula is C27H28N2O7S. The first-order chi connectivity index (χ1) is 17.6. The number of H-pyrrole nitrogens is 1. The lowest BCUT2D eigenvalue weighted by molar-refractivity contribution is 0.0472. The van der Waals surface area contributed by atoms with E-state index in [1.807, 2.05) is 19.1 Å². The van der Waals surface area contributed by atoms with Crippen LogP contribution in [-0.4, -0.2) is 50.4 Å². The molecule has 2 aromatic carbocycles. The summed E-state index contributed by atoms with van der Waals surface area (Å²) in [7, 11) is -3.94. The molecule has 0 bridgehead atoms. The van der Waals surface area contributed by atoms with Crippen LogP contribution < -0.4 is 4.31 Å². The summed E-state index contributed by atoms with van der Waals surface area (Å²) in [5.74, 6) is -1.92. The van der Waals surface area contributed by atoms with E-state index in [9.17, 15) is 22.8 Å². The highest BCUT2D eigenvalue weighted by Crippen LogP contribution is 2.36. The first-order valence-electron chi connectivity index (χ1n) is 11.8. The fraction of sp³-hybridized carbons (Fsp3) is 0.296. The zero-order chi connectivity index (χ0) is 26.9. The van der Waals surface area contributed by atoms with Gasteiger partial charge in [-0.25, -0.2) is 18.0 Å². The van der Waals surface area contributed by atoms with Crippen LogP contribution >= 0.6 is 0 Å². The Balaban J connectivity index is 1.50. The number of nitrogens with zero attached hydrogens (tertiary/aromatic N) is 1. The summed E-state index contributed by atoms with van der Waals surface area (Å²) in [5.41, 5.74) is 2.85. The van der Waals surface area contributed by atoms with Crippen LogP contribution in [0.4, 0.5) is 5.69 Å². The number of ketones is 1. The lowest BCUT2D eigenvalue weighted by atomic mass is 10.1. The van der Waals surface area contributed by atoms with Gasteiger partial charge in [-0.3, -0.25) is 9.10 Å². The summed E-state index contributed by atoms with van der Waals surface area (Å²) in [5, 5.41) is 0. The third-order valence-electron chi connectivity index (χ3n) is 6.30. The molecule has 37 heavy (non-hydrogen) atoms. The largest absolute Gasteiger partial charge is 0.462 e. The zero-order valence-electron chi connectivity index (χ0n) is 21.0. The summed E-state index contributed by atoms with van der Waals surface area (Å²) >= 11 is 0. The van der Waals surface area contributed by atoms with Gasteiger partial charge in [-0.05, 0) is 69.5 Å². The Labute approximate surface area is 215 Å². The van der Waals surface area contributed by atoms with Crippen molar-refractivity contribution < 1.29 is 32.3 Å². The highest BCUT2D eigenvalue weighted by atomic mass is 32.2. The molecule has 3 aromatic rings. The Kier molecular flexibility index (Phi) is 7.22. The number of fused-ring (bicyclic) bond motifs is 1. The topological polar surface area (TPSA) is 123 Å². The molecule has 0 aliphatic carbocycles. The molecule has 1 N–H and O–H groups in total. The second-order valence-corrected chi connectivity index (χ2v) is 10.7. The molecule has 2 heterocycles. The van der Waals surface area contributed by atoms with Crippen LogP contribution in [0.25, 0.3) is 0 Å². The SMILES string of the molecule is CCOC(=O)c1c(C)[nH]c(C(=O)COC(=O)c2cccc(S(=O)(=O)N3c4ccccc4CC3C)c2)c1C. The number of rotatable bonds is 8. The highest BCUT2D eigenvalue weighted by Gasteiger charge is 2.36. The number of aromatic amines is 1. The maximum absolute atomic E-state index is 13.5. The minimum atomic E-state index is -3.94. The zero-order valence-corrected chi connectivity index (χ0v) is 21.8. The van der Waals surface area contributed by atoms with E-state index in [1.165, 1.54) is 28.6 Å². The minimum absolute atomic E-state index is 0.000566.